The molecule has 164 valence electrons. The first-order valence-corrected chi connectivity index (χ1v) is 10.6. The minimum atomic E-state index is -0.543. The van der Waals surface area contributed by atoms with Crippen LogP contribution in [0.15, 0.2) is 48.5 Å². The first-order valence-electron chi connectivity index (χ1n) is 10.6. The number of ether oxygens (including phenoxy) is 2. The number of nitrogens with zero attached hydrogens (tertiary/aromatic N) is 3. The van der Waals surface area contributed by atoms with Crippen molar-refractivity contribution in [3.05, 3.63) is 59.9 Å². The number of piperidine rings is 1. The fraction of sp³-hybridized carbons (Fsp3) is 0.417. The summed E-state index contributed by atoms with van der Waals surface area (Å²) in [5, 5.41) is 0. The van der Waals surface area contributed by atoms with Crippen LogP contribution in [0.4, 0.5) is 9.18 Å². The maximum atomic E-state index is 14.3. The molecular weight excluding hydrogens is 397 g/mol. The molecule has 1 fully saturated rings. The van der Waals surface area contributed by atoms with Gasteiger partial charge < -0.3 is 14.4 Å². The molecular formula is C24H28FN3O3. The van der Waals surface area contributed by atoms with Crippen molar-refractivity contribution in [2.45, 2.75) is 51.9 Å². The van der Waals surface area contributed by atoms with Crippen molar-refractivity contribution < 1.29 is 18.7 Å². The zero-order valence-electron chi connectivity index (χ0n) is 18.2. The van der Waals surface area contributed by atoms with E-state index in [9.17, 15) is 9.18 Å². The number of halogens is 1. The molecule has 4 rings (SSSR count). The van der Waals surface area contributed by atoms with E-state index >= 15 is 0 Å². The molecule has 6 nitrogen and oxygen atoms in total. The standard InChI is InChI=1S/C24H28FN3O3/c1-24(2,3)31-23(29)27-14-8-10-18(16-27)30-22-26-20-12-6-7-13-21(20)28(22)15-17-9-4-5-11-19(17)25/h4-7,9,11-13,18H,8,10,14-16H2,1-3H3/t18-/m1/s1. The Labute approximate surface area is 181 Å². The number of carbonyl (C=O) groups excluding carboxylic acids is 1. The van der Waals surface area contributed by atoms with Crippen molar-refractivity contribution in [3.63, 3.8) is 0 Å². The Bertz CT molecular complexity index is 1070. The van der Waals surface area contributed by atoms with Gasteiger partial charge in [-0.2, -0.15) is 4.98 Å². The van der Waals surface area contributed by atoms with E-state index < -0.39 is 5.60 Å². The van der Waals surface area contributed by atoms with Gasteiger partial charge in [0, 0.05) is 12.1 Å². The monoisotopic (exact) mass is 425 g/mol. The fourth-order valence-electron chi connectivity index (χ4n) is 3.77. The molecule has 2 heterocycles. The molecule has 1 atom stereocenters. The van der Waals surface area contributed by atoms with E-state index in [-0.39, 0.29) is 18.0 Å². The van der Waals surface area contributed by atoms with Gasteiger partial charge in [-0.3, -0.25) is 4.57 Å². The topological polar surface area (TPSA) is 56.6 Å². The Morgan fingerprint density at radius 2 is 1.90 bits per heavy atom. The molecule has 2 aromatic carbocycles. The van der Waals surface area contributed by atoms with Crippen LogP contribution < -0.4 is 4.74 Å². The van der Waals surface area contributed by atoms with Crippen LogP contribution in [-0.4, -0.2) is 45.3 Å². The number of hydrogen-bond donors (Lipinski definition) is 0. The van der Waals surface area contributed by atoms with Crippen molar-refractivity contribution in [2.24, 2.45) is 0 Å². The van der Waals surface area contributed by atoms with Gasteiger partial charge in [0.2, 0.25) is 0 Å². The number of carbonyl (C=O) groups is 1. The molecule has 0 bridgehead atoms. The van der Waals surface area contributed by atoms with Crippen molar-refractivity contribution in [2.75, 3.05) is 13.1 Å². The second-order valence-corrected chi connectivity index (χ2v) is 8.87. The lowest BCUT2D eigenvalue weighted by Gasteiger charge is -2.34. The second-order valence-electron chi connectivity index (χ2n) is 8.87. The molecule has 1 saturated heterocycles. The second kappa shape index (κ2) is 8.57. The highest BCUT2D eigenvalue weighted by atomic mass is 19.1. The summed E-state index contributed by atoms with van der Waals surface area (Å²) in [7, 11) is 0. The average molecular weight is 426 g/mol. The Balaban J connectivity index is 1.57. The molecule has 0 radical (unpaired) electrons. The fourth-order valence-corrected chi connectivity index (χ4v) is 3.77. The van der Waals surface area contributed by atoms with Gasteiger partial charge >= 0.3 is 6.09 Å². The number of amides is 1. The molecule has 1 aliphatic rings. The molecule has 7 heteroatoms. The van der Waals surface area contributed by atoms with Crippen LogP contribution >= 0.6 is 0 Å². The molecule has 0 spiro atoms. The van der Waals surface area contributed by atoms with Crippen LogP contribution in [0.25, 0.3) is 11.0 Å². The van der Waals surface area contributed by atoms with E-state index in [1.54, 1.807) is 17.0 Å². The Kier molecular flexibility index (Phi) is 5.85. The smallest absolute Gasteiger partial charge is 0.410 e. The molecule has 1 aliphatic heterocycles. The predicted molar refractivity (Wildman–Crippen MR) is 117 cm³/mol. The van der Waals surface area contributed by atoms with Crippen LogP contribution in [0.1, 0.15) is 39.2 Å². The summed E-state index contributed by atoms with van der Waals surface area (Å²) in [5.74, 6) is -0.264. The number of rotatable bonds is 4. The molecule has 31 heavy (non-hydrogen) atoms. The number of fused-ring (bicyclic) bond motifs is 1. The van der Waals surface area contributed by atoms with E-state index in [1.165, 1.54) is 6.07 Å². The van der Waals surface area contributed by atoms with Gasteiger partial charge in [0.25, 0.3) is 6.01 Å². The summed E-state index contributed by atoms with van der Waals surface area (Å²) >= 11 is 0. The van der Waals surface area contributed by atoms with Crippen molar-refractivity contribution >= 4 is 17.1 Å². The Morgan fingerprint density at radius 1 is 1.16 bits per heavy atom. The summed E-state index contributed by atoms with van der Waals surface area (Å²) in [6, 6.07) is 14.8. The number of para-hydroxylation sites is 2. The highest BCUT2D eigenvalue weighted by molar-refractivity contribution is 5.76. The molecule has 3 aromatic rings. The van der Waals surface area contributed by atoms with Gasteiger partial charge in [0.05, 0.1) is 24.1 Å². The zero-order valence-corrected chi connectivity index (χ0v) is 18.2. The van der Waals surface area contributed by atoms with E-state index in [2.05, 4.69) is 4.98 Å². The molecule has 1 amide bonds. The molecule has 0 saturated carbocycles. The number of benzene rings is 2. The maximum Gasteiger partial charge on any atom is 0.410 e. The van der Waals surface area contributed by atoms with Crippen molar-refractivity contribution in [1.82, 2.24) is 14.5 Å². The van der Waals surface area contributed by atoms with Crippen LogP contribution in [0.2, 0.25) is 0 Å². The molecule has 0 aliphatic carbocycles. The first kappa shape index (κ1) is 21.2. The van der Waals surface area contributed by atoms with Crippen LogP contribution in [0.3, 0.4) is 0 Å². The highest BCUT2D eigenvalue weighted by Crippen LogP contribution is 2.26. The number of hydrogen-bond acceptors (Lipinski definition) is 4. The predicted octanol–water partition coefficient (Wildman–Crippen LogP) is 5.00. The first-order chi connectivity index (χ1) is 14.8. The van der Waals surface area contributed by atoms with E-state index in [4.69, 9.17) is 9.47 Å². The maximum absolute atomic E-state index is 14.3. The summed E-state index contributed by atoms with van der Waals surface area (Å²) < 4.78 is 28.0. The summed E-state index contributed by atoms with van der Waals surface area (Å²) in [6.07, 6.45) is 1.08. The Morgan fingerprint density at radius 3 is 2.68 bits per heavy atom. The SMILES string of the molecule is CC(C)(C)OC(=O)N1CCC[C@@H](Oc2nc3ccccc3n2Cc2ccccc2F)C1. The third-order valence-corrected chi connectivity index (χ3v) is 5.21. The van der Waals surface area contributed by atoms with Gasteiger partial charge in [-0.15, -0.1) is 0 Å². The third kappa shape index (κ3) is 4.98. The summed E-state index contributed by atoms with van der Waals surface area (Å²) in [6.45, 7) is 6.94. The normalized spacial score (nSPS) is 17.0. The molecule has 0 unspecified atom stereocenters. The minimum Gasteiger partial charge on any atom is -0.459 e. The van der Waals surface area contributed by atoms with Crippen LogP contribution in [0.5, 0.6) is 6.01 Å². The molecule has 0 N–H and O–H groups in total. The largest absolute Gasteiger partial charge is 0.459 e. The van der Waals surface area contributed by atoms with Gasteiger partial charge in [-0.05, 0) is 51.8 Å². The van der Waals surface area contributed by atoms with E-state index in [1.807, 2.05) is 55.7 Å². The van der Waals surface area contributed by atoms with Gasteiger partial charge in [-0.1, -0.05) is 30.3 Å². The number of aromatic nitrogens is 2. The van der Waals surface area contributed by atoms with Crippen LogP contribution in [-0.2, 0) is 11.3 Å². The average Bonchev–Trinajstić information content (AvgIpc) is 3.06. The lowest BCUT2D eigenvalue weighted by Crippen LogP contribution is -2.46. The van der Waals surface area contributed by atoms with E-state index in [0.29, 0.717) is 31.2 Å². The van der Waals surface area contributed by atoms with Gasteiger partial charge in [-0.25, -0.2) is 9.18 Å². The highest BCUT2D eigenvalue weighted by Gasteiger charge is 2.29. The zero-order chi connectivity index (χ0) is 22.0. The van der Waals surface area contributed by atoms with E-state index in [0.717, 1.165) is 23.9 Å². The summed E-state index contributed by atoms with van der Waals surface area (Å²) in [4.78, 5) is 18.8. The van der Waals surface area contributed by atoms with Gasteiger partial charge in [0.15, 0.2) is 0 Å². The van der Waals surface area contributed by atoms with Crippen molar-refractivity contribution in [1.29, 1.82) is 0 Å². The summed E-state index contributed by atoms with van der Waals surface area (Å²) in [5.41, 5.74) is 1.68. The lowest BCUT2D eigenvalue weighted by molar-refractivity contribution is 0.00625. The van der Waals surface area contributed by atoms with Gasteiger partial charge in [0.1, 0.15) is 17.5 Å². The third-order valence-electron chi connectivity index (χ3n) is 5.21. The van der Waals surface area contributed by atoms with Crippen molar-refractivity contribution in [3.8, 4) is 6.01 Å². The Hall–Kier alpha value is -3.09. The minimum absolute atomic E-state index is 0.211. The lowest BCUT2D eigenvalue weighted by atomic mass is 10.1. The quantitative estimate of drug-likeness (QED) is 0.590. The number of likely N-dealkylation sites (tertiary alicyclic amines) is 1. The number of imidazole rings is 1. The van der Waals surface area contributed by atoms with Crippen LogP contribution in [0, 0.1) is 5.82 Å². The molecule has 1 aromatic heterocycles.